The molecule has 0 aromatic heterocycles. The number of sulfonamides is 1. The fraction of sp³-hybridized carbons (Fsp3) is 0.875. The molecule has 1 fully saturated rings. The summed E-state index contributed by atoms with van der Waals surface area (Å²) in [4.78, 5) is 11.5. The second-order valence-corrected chi connectivity index (χ2v) is 6.00. The van der Waals surface area contributed by atoms with Crippen LogP contribution in [0.25, 0.3) is 0 Å². The van der Waals surface area contributed by atoms with Gasteiger partial charge in [-0.25, -0.2) is 8.42 Å². The van der Waals surface area contributed by atoms with Crippen LogP contribution in [0.3, 0.4) is 0 Å². The zero-order chi connectivity index (χ0) is 11.7. The molecule has 0 aromatic rings. The van der Waals surface area contributed by atoms with Crippen LogP contribution in [-0.4, -0.2) is 49.6 Å². The lowest BCUT2D eigenvalue weighted by molar-refractivity contribution is -0.131. The van der Waals surface area contributed by atoms with E-state index in [1.54, 1.807) is 13.8 Å². The van der Waals surface area contributed by atoms with Gasteiger partial charge in [-0.2, -0.15) is 4.31 Å². The summed E-state index contributed by atoms with van der Waals surface area (Å²) < 4.78 is 24.9. The number of piperazine rings is 1. The molecule has 88 valence electrons. The second-order valence-electron chi connectivity index (χ2n) is 3.99. The first-order valence-electron chi connectivity index (χ1n) is 4.81. The summed E-state index contributed by atoms with van der Waals surface area (Å²) in [6.07, 6.45) is 0. The largest absolute Gasteiger partial charge is 0.353 e. The number of carbonyl (C=O) groups is 1. The maximum atomic E-state index is 11.8. The lowest BCUT2D eigenvalue weighted by Crippen LogP contribution is -2.63. The molecular formula is C8H17N3O3S. The van der Waals surface area contributed by atoms with Gasteiger partial charge in [-0.15, -0.1) is 0 Å². The fourth-order valence-corrected chi connectivity index (χ4v) is 3.29. The predicted molar refractivity (Wildman–Crippen MR) is 56.6 cm³/mol. The highest BCUT2D eigenvalue weighted by Crippen LogP contribution is 2.21. The van der Waals surface area contributed by atoms with E-state index in [2.05, 4.69) is 5.32 Å². The summed E-state index contributed by atoms with van der Waals surface area (Å²) in [5, 5.41) is 2.64. The number of hydrogen-bond acceptors (Lipinski definition) is 4. The van der Waals surface area contributed by atoms with Crippen LogP contribution in [0.1, 0.15) is 13.8 Å². The average molecular weight is 235 g/mol. The van der Waals surface area contributed by atoms with Crippen LogP contribution in [0, 0.1) is 0 Å². The number of nitrogens with zero attached hydrogens (tertiary/aromatic N) is 1. The monoisotopic (exact) mass is 235 g/mol. The Hall–Kier alpha value is -0.660. The SMILES string of the molecule is CC1(C)C(=O)NCCN1S(=O)(=O)CCN. The minimum atomic E-state index is -3.43. The van der Waals surface area contributed by atoms with Crippen molar-refractivity contribution in [3.05, 3.63) is 0 Å². The van der Waals surface area contributed by atoms with Gasteiger partial charge in [-0.3, -0.25) is 4.79 Å². The van der Waals surface area contributed by atoms with E-state index < -0.39 is 15.6 Å². The van der Waals surface area contributed by atoms with Gasteiger partial charge in [-0.05, 0) is 13.8 Å². The fourth-order valence-electron chi connectivity index (χ4n) is 1.63. The standard InChI is InChI=1S/C8H17N3O3S/c1-8(2)7(12)10-4-5-11(8)15(13,14)6-3-9/h3-6,9H2,1-2H3,(H,10,12). The van der Waals surface area contributed by atoms with Gasteiger partial charge in [0, 0.05) is 19.6 Å². The number of amides is 1. The molecule has 0 bridgehead atoms. The van der Waals surface area contributed by atoms with Gasteiger partial charge >= 0.3 is 0 Å². The third-order valence-corrected chi connectivity index (χ3v) is 4.55. The Balaban J connectivity index is 2.99. The summed E-state index contributed by atoms with van der Waals surface area (Å²) in [7, 11) is -3.43. The quantitative estimate of drug-likeness (QED) is 0.621. The van der Waals surface area contributed by atoms with Crippen molar-refractivity contribution in [2.45, 2.75) is 19.4 Å². The zero-order valence-electron chi connectivity index (χ0n) is 8.99. The molecular weight excluding hydrogens is 218 g/mol. The normalized spacial score (nSPS) is 22.5. The Morgan fingerprint density at radius 2 is 2.13 bits per heavy atom. The summed E-state index contributed by atoms with van der Waals surface area (Å²) in [5.41, 5.74) is 4.22. The van der Waals surface area contributed by atoms with E-state index in [4.69, 9.17) is 5.73 Å². The van der Waals surface area contributed by atoms with Gasteiger partial charge in [0.2, 0.25) is 15.9 Å². The van der Waals surface area contributed by atoms with E-state index in [1.165, 1.54) is 4.31 Å². The number of nitrogens with one attached hydrogen (secondary N) is 1. The molecule has 3 N–H and O–H groups in total. The molecule has 0 atom stereocenters. The van der Waals surface area contributed by atoms with E-state index in [-0.39, 0.29) is 18.2 Å². The molecule has 7 heteroatoms. The Bertz CT molecular complexity index is 350. The summed E-state index contributed by atoms with van der Waals surface area (Å²) in [6.45, 7) is 3.91. The molecule has 0 radical (unpaired) electrons. The van der Waals surface area contributed by atoms with Gasteiger partial charge < -0.3 is 11.1 Å². The highest BCUT2D eigenvalue weighted by molar-refractivity contribution is 7.89. The lowest BCUT2D eigenvalue weighted by Gasteiger charge is -2.39. The molecule has 1 heterocycles. The highest BCUT2D eigenvalue weighted by Gasteiger charge is 2.43. The smallest absolute Gasteiger partial charge is 0.241 e. The Morgan fingerprint density at radius 3 is 2.67 bits per heavy atom. The summed E-state index contributed by atoms with van der Waals surface area (Å²) >= 11 is 0. The minimum Gasteiger partial charge on any atom is -0.353 e. The molecule has 1 aliphatic heterocycles. The van der Waals surface area contributed by atoms with Gasteiger partial charge in [0.05, 0.1) is 5.75 Å². The topological polar surface area (TPSA) is 92.5 Å². The number of nitrogens with two attached hydrogens (primary N) is 1. The molecule has 0 saturated carbocycles. The first kappa shape index (κ1) is 12.4. The van der Waals surface area contributed by atoms with Crippen molar-refractivity contribution in [3.63, 3.8) is 0 Å². The van der Waals surface area contributed by atoms with Crippen molar-refractivity contribution < 1.29 is 13.2 Å². The molecule has 1 amide bonds. The van der Waals surface area contributed by atoms with Gasteiger partial charge in [-0.1, -0.05) is 0 Å². The first-order valence-corrected chi connectivity index (χ1v) is 6.42. The van der Waals surface area contributed by atoms with Crippen LogP contribution in [-0.2, 0) is 14.8 Å². The molecule has 1 saturated heterocycles. The van der Waals surface area contributed by atoms with Gasteiger partial charge in [0.1, 0.15) is 5.54 Å². The Kier molecular flexibility index (Phi) is 3.37. The van der Waals surface area contributed by atoms with Crippen LogP contribution in [0.15, 0.2) is 0 Å². The van der Waals surface area contributed by atoms with Crippen LogP contribution in [0.4, 0.5) is 0 Å². The van der Waals surface area contributed by atoms with Crippen molar-refractivity contribution in [1.29, 1.82) is 0 Å². The number of hydrogen-bond donors (Lipinski definition) is 2. The number of rotatable bonds is 3. The van der Waals surface area contributed by atoms with Crippen LogP contribution in [0.5, 0.6) is 0 Å². The van der Waals surface area contributed by atoms with E-state index in [9.17, 15) is 13.2 Å². The predicted octanol–water partition coefficient (Wildman–Crippen LogP) is -1.51. The Labute approximate surface area is 89.9 Å². The van der Waals surface area contributed by atoms with Crippen LogP contribution < -0.4 is 11.1 Å². The van der Waals surface area contributed by atoms with Crippen LogP contribution in [0.2, 0.25) is 0 Å². The molecule has 6 nitrogen and oxygen atoms in total. The number of carbonyl (C=O) groups excluding carboxylic acids is 1. The first-order chi connectivity index (χ1) is 6.82. The van der Waals surface area contributed by atoms with E-state index in [0.29, 0.717) is 13.1 Å². The maximum Gasteiger partial charge on any atom is 0.241 e. The average Bonchev–Trinajstić information content (AvgIpc) is 2.09. The van der Waals surface area contributed by atoms with Crippen LogP contribution >= 0.6 is 0 Å². The van der Waals surface area contributed by atoms with Gasteiger partial charge in [0.15, 0.2) is 0 Å². The zero-order valence-corrected chi connectivity index (χ0v) is 9.80. The molecule has 0 unspecified atom stereocenters. The third kappa shape index (κ3) is 2.30. The van der Waals surface area contributed by atoms with Crippen molar-refractivity contribution in [2.24, 2.45) is 5.73 Å². The Morgan fingerprint density at radius 1 is 1.53 bits per heavy atom. The van der Waals surface area contributed by atoms with Crippen molar-refractivity contribution in [3.8, 4) is 0 Å². The summed E-state index contributed by atoms with van der Waals surface area (Å²) in [6, 6.07) is 0. The minimum absolute atomic E-state index is 0.0660. The summed E-state index contributed by atoms with van der Waals surface area (Å²) in [5.74, 6) is -0.390. The molecule has 15 heavy (non-hydrogen) atoms. The van der Waals surface area contributed by atoms with Crippen molar-refractivity contribution >= 4 is 15.9 Å². The highest BCUT2D eigenvalue weighted by atomic mass is 32.2. The molecule has 0 aliphatic carbocycles. The molecule has 1 aliphatic rings. The molecule has 1 rings (SSSR count). The van der Waals surface area contributed by atoms with Gasteiger partial charge in [0.25, 0.3) is 0 Å². The van der Waals surface area contributed by atoms with E-state index >= 15 is 0 Å². The van der Waals surface area contributed by atoms with E-state index in [0.717, 1.165) is 0 Å². The lowest BCUT2D eigenvalue weighted by atomic mass is 10.0. The maximum absolute atomic E-state index is 11.8. The second kappa shape index (κ2) is 4.07. The third-order valence-electron chi connectivity index (χ3n) is 2.49. The van der Waals surface area contributed by atoms with E-state index in [1.807, 2.05) is 0 Å². The van der Waals surface area contributed by atoms with Crippen molar-refractivity contribution in [2.75, 3.05) is 25.4 Å². The molecule has 0 aromatic carbocycles. The van der Waals surface area contributed by atoms with Crippen molar-refractivity contribution in [1.82, 2.24) is 9.62 Å². The molecule has 0 spiro atoms.